The van der Waals surface area contributed by atoms with E-state index < -0.39 is 0 Å². The molecule has 0 radical (unpaired) electrons. The van der Waals surface area contributed by atoms with Gasteiger partial charge < -0.3 is 15.2 Å². The van der Waals surface area contributed by atoms with E-state index in [1.165, 1.54) is 12.8 Å². The Balaban J connectivity index is 1.54. The van der Waals surface area contributed by atoms with Gasteiger partial charge in [0.2, 0.25) is 5.91 Å². The van der Waals surface area contributed by atoms with E-state index in [2.05, 4.69) is 15.6 Å². The number of rotatable bonds is 6. The Bertz CT molecular complexity index is 330. The SMILES string of the molecule is O=C(CCn1ccnc1)NCC[C@H]1CCCN1. The number of nitrogens with one attached hydrogen (secondary N) is 2. The highest BCUT2D eigenvalue weighted by atomic mass is 16.1. The third-order valence-corrected chi connectivity index (χ3v) is 3.13. The van der Waals surface area contributed by atoms with Crippen LogP contribution in [0.25, 0.3) is 0 Å². The third kappa shape index (κ3) is 4.19. The number of hydrogen-bond acceptors (Lipinski definition) is 3. The summed E-state index contributed by atoms with van der Waals surface area (Å²) >= 11 is 0. The zero-order valence-electron chi connectivity index (χ0n) is 10.1. The first-order chi connectivity index (χ1) is 8.34. The van der Waals surface area contributed by atoms with Crippen molar-refractivity contribution in [2.24, 2.45) is 0 Å². The molecule has 5 heteroatoms. The minimum atomic E-state index is 0.122. The number of aromatic nitrogens is 2. The maximum Gasteiger partial charge on any atom is 0.221 e. The normalized spacial score (nSPS) is 19.4. The van der Waals surface area contributed by atoms with Crippen LogP contribution in [0, 0.1) is 0 Å². The van der Waals surface area contributed by atoms with Crippen LogP contribution in [0.4, 0.5) is 0 Å². The summed E-state index contributed by atoms with van der Waals surface area (Å²) in [6, 6.07) is 0.601. The summed E-state index contributed by atoms with van der Waals surface area (Å²) < 4.78 is 1.91. The minimum Gasteiger partial charge on any atom is -0.356 e. The molecule has 1 aliphatic heterocycles. The van der Waals surface area contributed by atoms with Crippen LogP contribution in [0.3, 0.4) is 0 Å². The van der Waals surface area contributed by atoms with Crippen molar-refractivity contribution in [3.8, 4) is 0 Å². The van der Waals surface area contributed by atoms with Crippen LogP contribution in [0.2, 0.25) is 0 Å². The largest absolute Gasteiger partial charge is 0.356 e. The van der Waals surface area contributed by atoms with Gasteiger partial charge in [-0.15, -0.1) is 0 Å². The fourth-order valence-corrected chi connectivity index (χ4v) is 2.13. The molecule has 1 atom stereocenters. The average Bonchev–Trinajstić information content (AvgIpc) is 2.99. The molecule has 0 aliphatic carbocycles. The smallest absolute Gasteiger partial charge is 0.221 e. The fourth-order valence-electron chi connectivity index (χ4n) is 2.13. The second-order valence-electron chi connectivity index (χ2n) is 4.48. The standard InChI is InChI=1S/C12H20N4O/c17-12(4-8-16-9-7-13-10-16)15-6-3-11-2-1-5-14-11/h7,9-11,14H,1-6,8H2,(H,15,17)/t11-/m1/s1. The lowest BCUT2D eigenvalue weighted by Gasteiger charge is -2.10. The van der Waals surface area contributed by atoms with E-state index in [0.29, 0.717) is 19.0 Å². The fraction of sp³-hybridized carbons (Fsp3) is 0.667. The van der Waals surface area contributed by atoms with E-state index in [9.17, 15) is 4.79 Å². The van der Waals surface area contributed by atoms with Crippen LogP contribution in [0.1, 0.15) is 25.7 Å². The third-order valence-electron chi connectivity index (χ3n) is 3.13. The first-order valence-electron chi connectivity index (χ1n) is 6.30. The molecule has 1 saturated heterocycles. The van der Waals surface area contributed by atoms with Crippen molar-refractivity contribution >= 4 is 5.91 Å². The summed E-state index contributed by atoms with van der Waals surface area (Å²) in [7, 11) is 0. The zero-order chi connectivity index (χ0) is 11.9. The van der Waals surface area contributed by atoms with Crippen LogP contribution in [0.5, 0.6) is 0 Å². The van der Waals surface area contributed by atoms with E-state index in [-0.39, 0.29) is 5.91 Å². The molecule has 2 N–H and O–H groups in total. The molecule has 1 aromatic heterocycles. The molecule has 0 unspecified atom stereocenters. The molecule has 0 spiro atoms. The monoisotopic (exact) mass is 236 g/mol. The van der Waals surface area contributed by atoms with Crippen LogP contribution in [-0.2, 0) is 11.3 Å². The van der Waals surface area contributed by atoms with Gasteiger partial charge in [0.25, 0.3) is 0 Å². The van der Waals surface area contributed by atoms with Gasteiger partial charge in [0.05, 0.1) is 6.33 Å². The maximum atomic E-state index is 11.5. The van der Waals surface area contributed by atoms with Crippen LogP contribution in [0.15, 0.2) is 18.7 Å². The van der Waals surface area contributed by atoms with Crippen molar-refractivity contribution in [1.82, 2.24) is 20.2 Å². The van der Waals surface area contributed by atoms with Crippen LogP contribution in [-0.4, -0.2) is 34.6 Å². The molecule has 0 bridgehead atoms. The Morgan fingerprint density at radius 1 is 1.59 bits per heavy atom. The Labute approximate surface area is 102 Å². The second-order valence-corrected chi connectivity index (χ2v) is 4.48. The Morgan fingerprint density at radius 2 is 2.53 bits per heavy atom. The quantitative estimate of drug-likeness (QED) is 0.757. The molecule has 5 nitrogen and oxygen atoms in total. The average molecular weight is 236 g/mol. The zero-order valence-corrected chi connectivity index (χ0v) is 10.1. The Kier molecular flexibility index (Phi) is 4.55. The summed E-state index contributed by atoms with van der Waals surface area (Å²) in [6.45, 7) is 2.60. The van der Waals surface area contributed by atoms with Gasteiger partial charge in [-0.2, -0.15) is 0 Å². The number of amides is 1. The van der Waals surface area contributed by atoms with Gasteiger partial charge in [0.15, 0.2) is 0 Å². The van der Waals surface area contributed by atoms with E-state index >= 15 is 0 Å². The predicted octanol–water partition coefficient (Wildman–Crippen LogP) is 0.531. The molecule has 2 heterocycles. The number of imidazole rings is 1. The Hall–Kier alpha value is -1.36. The van der Waals surface area contributed by atoms with Gasteiger partial charge in [-0.25, -0.2) is 4.98 Å². The highest BCUT2D eigenvalue weighted by molar-refractivity contribution is 5.75. The first kappa shape index (κ1) is 12.1. The van der Waals surface area contributed by atoms with E-state index in [1.807, 2.05) is 10.8 Å². The lowest BCUT2D eigenvalue weighted by Crippen LogP contribution is -2.30. The molecule has 1 aliphatic rings. The summed E-state index contributed by atoms with van der Waals surface area (Å²) in [4.78, 5) is 15.5. The summed E-state index contributed by atoms with van der Waals surface area (Å²) in [6.07, 6.45) is 9.39. The van der Waals surface area contributed by atoms with Gasteiger partial charge in [-0.05, 0) is 25.8 Å². The minimum absolute atomic E-state index is 0.122. The van der Waals surface area contributed by atoms with Crippen molar-refractivity contribution in [2.75, 3.05) is 13.1 Å². The summed E-state index contributed by atoms with van der Waals surface area (Å²) in [5.74, 6) is 0.122. The molecular weight excluding hydrogens is 216 g/mol. The number of aryl methyl sites for hydroxylation is 1. The van der Waals surface area contributed by atoms with Crippen LogP contribution < -0.4 is 10.6 Å². The van der Waals surface area contributed by atoms with E-state index in [4.69, 9.17) is 0 Å². The van der Waals surface area contributed by atoms with Gasteiger partial charge >= 0.3 is 0 Å². The summed E-state index contributed by atoms with van der Waals surface area (Å²) in [5, 5.41) is 6.38. The topological polar surface area (TPSA) is 59.0 Å². The number of nitrogens with zero attached hydrogens (tertiary/aromatic N) is 2. The van der Waals surface area contributed by atoms with Crippen LogP contribution >= 0.6 is 0 Å². The number of carbonyl (C=O) groups is 1. The predicted molar refractivity (Wildman–Crippen MR) is 65.5 cm³/mol. The van der Waals surface area contributed by atoms with Crippen molar-refractivity contribution in [2.45, 2.75) is 38.3 Å². The molecule has 94 valence electrons. The van der Waals surface area contributed by atoms with Crippen molar-refractivity contribution in [3.05, 3.63) is 18.7 Å². The number of hydrogen-bond donors (Lipinski definition) is 2. The van der Waals surface area contributed by atoms with Gasteiger partial charge in [0.1, 0.15) is 0 Å². The van der Waals surface area contributed by atoms with Gasteiger partial charge in [-0.1, -0.05) is 0 Å². The second kappa shape index (κ2) is 6.39. The molecule has 0 saturated carbocycles. The van der Waals surface area contributed by atoms with Crippen molar-refractivity contribution in [1.29, 1.82) is 0 Å². The maximum absolute atomic E-state index is 11.5. The molecule has 0 aromatic carbocycles. The van der Waals surface area contributed by atoms with E-state index in [0.717, 1.165) is 19.5 Å². The highest BCUT2D eigenvalue weighted by Gasteiger charge is 2.13. The lowest BCUT2D eigenvalue weighted by molar-refractivity contribution is -0.121. The summed E-state index contributed by atoms with van der Waals surface area (Å²) in [5.41, 5.74) is 0. The molecule has 2 rings (SSSR count). The molecule has 1 aromatic rings. The lowest BCUT2D eigenvalue weighted by atomic mass is 10.1. The van der Waals surface area contributed by atoms with Gasteiger partial charge in [-0.3, -0.25) is 4.79 Å². The first-order valence-corrected chi connectivity index (χ1v) is 6.30. The van der Waals surface area contributed by atoms with E-state index in [1.54, 1.807) is 12.5 Å². The molecular formula is C12H20N4O. The molecule has 1 fully saturated rings. The van der Waals surface area contributed by atoms with Crippen molar-refractivity contribution < 1.29 is 4.79 Å². The molecule has 17 heavy (non-hydrogen) atoms. The van der Waals surface area contributed by atoms with Gasteiger partial charge in [0, 0.05) is 37.9 Å². The molecule has 1 amide bonds. The van der Waals surface area contributed by atoms with Crippen molar-refractivity contribution in [3.63, 3.8) is 0 Å². The number of carbonyl (C=O) groups excluding carboxylic acids is 1. The highest BCUT2D eigenvalue weighted by Crippen LogP contribution is 2.07. The Morgan fingerprint density at radius 3 is 3.24 bits per heavy atom.